The predicted molar refractivity (Wildman–Crippen MR) is 90.0 cm³/mol. The van der Waals surface area contributed by atoms with Crippen LogP contribution in [0.15, 0.2) is 42.5 Å². The first-order valence-corrected chi connectivity index (χ1v) is 7.43. The molecule has 2 amide bonds. The number of amides is 2. The SMILES string of the molecule is COc1ccccc1CNC(=O)COc1cc(C)ccc1C(N)=O. The van der Waals surface area contributed by atoms with E-state index in [4.69, 9.17) is 15.2 Å². The Morgan fingerprint density at radius 2 is 1.88 bits per heavy atom. The second-order valence-electron chi connectivity index (χ2n) is 5.24. The monoisotopic (exact) mass is 328 g/mol. The van der Waals surface area contributed by atoms with Gasteiger partial charge in [-0.15, -0.1) is 0 Å². The van der Waals surface area contributed by atoms with Crippen molar-refractivity contribution in [2.75, 3.05) is 13.7 Å². The lowest BCUT2D eigenvalue weighted by Gasteiger charge is -2.12. The van der Waals surface area contributed by atoms with Gasteiger partial charge in [0.15, 0.2) is 6.61 Å². The fraction of sp³-hybridized carbons (Fsp3) is 0.222. The molecule has 0 aliphatic heterocycles. The van der Waals surface area contributed by atoms with Crippen molar-refractivity contribution in [3.8, 4) is 11.5 Å². The Morgan fingerprint density at radius 3 is 2.58 bits per heavy atom. The van der Waals surface area contributed by atoms with Crippen molar-refractivity contribution in [1.29, 1.82) is 0 Å². The van der Waals surface area contributed by atoms with Crippen LogP contribution in [0.4, 0.5) is 0 Å². The Hall–Kier alpha value is -3.02. The first-order valence-electron chi connectivity index (χ1n) is 7.43. The summed E-state index contributed by atoms with van der Waals surface area (Å²) in [6, 6.07) is 12.4. The van der Waals surface area contributed by atoms with E-state index in [0.717, 1.165) is 11.1 Å². The van der Waals surface area contributed by atoms with Crippen LogP contribution < -0.4 is 20.5 Å². The fourth-order valence-corrected chi connectivity index (χ4v) is 2.19. The first kappa shape index (κ1) is 17.3. The largest absolute Gasteiger partial charge is 0.496 e. The van der Waals surface area contributed by atoms with Gasteiger partial charge in [-0.2, -0.15) is 0 Å². The highest BCUT2D eigenvalue weighted by molar-refractivity contribution is 5.95. The van der Waals surface area contributed by atoms with E-state index in [2.05, 4.69) is 5.32 Å². The molecule has 6 heteroatoms. The summed E-state index contributed by atoms with van der Waals surface area (Å²) in [6.45, 7) is 1.97. The Morgan fingerprint density at radius 1 is 1.12 bits per heavy atom. The molecule has 24 heavy (non-hydrogen) atoms. The van der Waals surface area contributed by atoms with E-state index in [1.807, 2.05) is 31.2 Å². The summed E-state index contributed by atoms with van der Waals surface area (Å²) in [5.74, 6) is 0.0978. The number of nitrogens with one attached hydrogen (secondary N) is 1. The molecule has 0 aromatic heterocycles. The van der Waals surface area contributed by atoms with Gasteiger partial charge >= 0.3 is 0 Å². The van der Waals surface area contributed by atoms with E-state index in [-0.39, 0.29) is 18.1 Å². The normalized spacial score (nSPS) is 10.1. The Bertz CT molecular complexity index is 744. The summed E-state index contributed by atoms with van der Waals surface area (Å²) in [5.41, 5.74) is 7.32. The minimum absolute atomic E-state index is 0.209. The molecule has 0 aliphatic rings. The van der Waals surface area contributed by atoms with E-state index < -0.39 is 5.91 Å². The third kappa shape index (κ3) is 4.49. The van der Waals surface area contributed by atoms with Gasteiger partial charge in [0.2, 0.25) is 0 Å². The number of aryl methyl sites for hydroxylation is 1. The molecule has 0 atom stereocenters. The smallest absolute Gasteiger partial charge is 0.258 e. The average molecular weight is 328 g/mol. The molecular formula is C18H20N2O4. The van der Waals surface area contributed by atoms with Crippen molar-refractivity contribution in [2.24, 2.45) is 5.73 Å². The molecule has 2 aromatic rings. The maximum atomic E-state index is 12.0. The molecule has 2 rings (SSSR count). The minimum Gasteiger partial charge on any atom is -0.496 e. The number of para-hydroxylation sites is 1. The van der Waals surface area contributed by atoms with Gasteiger partial charge in [0, 0.05) is 12.1 Å². The molecule has 0 aliphatic carbocycles. The van der Waals surface area contributed by atoms with Gasteiger partial charge in [0.25, 0.3) is 11.8 Å². The van der Waals surface area contributed by atoms with Gasteiger partial charge in [0.1, 0.15) is 11.5 Å². The molecule has 0 bridgehead atoms. The van der Waals surface area contributed by atoms with Gasteiger partial charge in [-0.25, -0.2) is 0 Å². The van der Waals surface area contributed by atoms with Crippen LogP contribution in [0.3, 0.4) is 0 Å². The van der Waals surface area contributed by atoms with E-state index in [9.17, 15) is 9.59 Å². The maximum absolute atomic E-state index is 12.0. The van der Waals surface area contributed by atoms with Crippen molar-refractivity contribution in [2.45, 2.75) is 13.5 Å². The highest BCUT2D eigenvalue weighted by Gasteiger charge is 2.12. The predicted octanol–water partition coefficient (Wildman–Crippen LogP) is 1.80. The summed E-state index contributed by atoms with van der Waals surface area (Å²) in [7, 11) is 1.58. The molecule has 2 aromatic carbocycles. The molecule has 126 valence electrons. The summed E-state index contributed by atoms with van der Waals surface area (Å²) >= 11 is 0. The highest BCUT2D eigenvalue weighted by Crippen LogP contribution is 2.20. The number of hydrogen-bond donors (Lipinski definition) is 2. The third-order valence-electron chi connectivity index (χ3n) is 3.43. The lowest BCUT2D eigenvalue weighted by atomic mass is 10.1. The van der Waals surface area contributed by atoms with Crippen LogP contribution in [-0.2, 0) is 11.3 Å². The van der Waals surface area contributed by atoms with Gasteiger partial charge < -0.3 is 20.5 Å². The van der Waals surface area contributed by atoms with Gasteiger partial charge in [-0.1, -0.05) is 24.3 Å². The second kappa shape index (κ2) is 8.01. The lowest BCUT2D eigenvalue weighted by Crippen LogP contribution is -2.29. The molecule has 0 radical (unpaired) electrons. The van der Waals surface area contributed by atoms with Crippen LogP contribution in [0.5, 0.6) is 11.5 Å². The molecule has 0 saturated carbocycles. The second-order valence-corrected chi connectivity index (χ2v) is 5.24. The Balaban J connectivity index is 1.94. The Kier molecular flexibility index (Phi) is 5.78. The Labute approximate surface area is 140 Å². The van der Waals surface area contributed by atoms with Crippen molar-refractivity contribution in [3.63, 3.8) is 0 Å². The number of carbonyl (C=O) groups is 2. The number of primary amides is 1. The number of benzene rings is 2. The molecule has 6 nitrogen and oxygen atoms in total. The van der Waals surface area contributed by atoms with Gasteiger partial charge in [0.05, 0.1) is 12.7 Å². The van der Waals surface area contributed by atoms with Crippen LogP contribution in [-0.4, -0.2) is 25.5 Å². The highest BCUT2D eigenvalue weighted by atomic mass is 16.5. The topological polar surface area (TPSA) is 90.7 Å². The van der Waals surface area contributed by atoms with E-state index in [1.54, 1.807) is 25.3 Å². The summed E-state index contributed by atoms with van der Waals surface area (Å²) in [5, 5.41) is 2.75. The summed E-state index contributed by atoms with van der Waals surface area (Å²) in [6.07, 6.45) is 0. The molecular weight excluding hydrogens is 308 g/mol. The van der Waals surface area contributed by atoms with E-state index in [0.29, 0.717) is 18.0 Å². The summed E-state index contributed by atoms with van der Waals surface area (Å²) in [4.78, 5) is 23.3. The van der Waals surface area contributed by atoms with Crippen molar-refractivity contribution < 1.29 is 19.1 Å². The lowest BCUT2D eigenvalue weighted by molar-refractivity contribution is -0.123. The molecule has 0 fully saturated rings. The number of hydrogen-bond acceptors (Lipinski definition) is 4. The van der Waals surface area contributed by atoms with Crippen molar-refractivity contribution >= 4 is 11.8 Å². The van der Waals surface area contributed by atoms with Crippen LogP contribution in [0.2, 0.25) is 0 Å². The average Bonchev–Trinajstić information content (AvgIpc) is 2.58. The van der Waals surface area contributed by atoms with Gasteiger partial charge in [-0.3, -0.25) is 9.59 Å². The maximum Gasteiger partial charge on any atom is 0.258 e. The zero-order chi connectivity index (χ0) is 17.5. The van der Waals surface area contributed by atoms with Crippen LogP contribution in [0, 0.1) is 6.92 Å². The van der Waals surface area contributed by atoms with E-state index >= 15 is 0 Å². The summed E-state index contributed by atoms with van der Waals surface area (Å²) < 4.78 is 10.7. The standard InChI is InChI=1S/C18H20N2O4/c1-12-7-8-14(18(19)22)16(9-12)24-11-17(21)20-10-13-5-3-4-6-15(13)23-2/h3-9H,10-11H2,1-2H3,(H2,19,22)(H,20,21). The number of methoxy groups -OCH3 is 1. The quantitative estimate of drug-likeness (QED) is 0.811. The van der Waals surface area contributed by atoms with E-state index in [1.165, 1.54) is 0 Å². The molecule has 0 unspecified atom stereocenters. The number of nitrogens with two attached hydrogens (primary N) is 1. The third-order valence-corrected chi connectivity index (χ3v) is 3.43. The molecule has 0 spiro atoms. The zero-order valence-electron chi connectivity index (χ0n) is 13.7. The van der Waals surface area contributed by atoms with Crippen LogP contribution in [0.25, 0.3) is 0 Å². The molecule has 3 N–H and O–H groups in total. The molecule has 0 heterocycles. The number of ether oxygens (including phenoxy) is 2. The number of carbonyl (C=O) groups excluding carboxylic acids is 2. The van der Waals surface area contributed by atoms with Gasteiger partial charge in [-0.05, 0) is 30.7 Å². The zero-order valence-corrected chi connectivity index (χ0v) is 13.7. The fourth-order valence-electron chi connectivity index (χ4n) is 2.19. The number of rotatable bonds is 7. The van der Waals surface area contributed by atoms with Crippen molar-refractivity contribution in [1.82, 2.24) is 5.32 Å². The molecule has 0 saturated heterocycles. The van der Waals surface area contributed by atoms with Crippen LogP contribution >= 0.6 is 0 Å². The first-order chi connectivity index (χ1) is 11.5. The van der Waals surface area contributed by atoms with Crippen LogP contribution in [0.1, 0.15) is 21.5 Å². The minimum atomic E-state index is -0.598. The van der Waals surface area contributed by atoms with Crippen molar-refractivity contribution in [3.05, 3.63) is 59.2 Å².